The maximum atomic E-state index is 12.9. The Morgan fingerprint density at radius 1 is 1.16 bits per heavy atom. The maximum absolute atomic E-state index is 12.9. The summed E-state index contributed by atoms with van der Waals surface area (Å²) in [7, 11) is 0. The first kappa shape index (κ1) is 24.4. The van der Waals surface area contributed by atoms with Gasteiger partial charge in [-0.2, -0.15) is 0 Å². The molecule has 1 aromatic carbocycles. The van der Waals surface area contributed by atoms with Crippen LogP contribution in [0, 0.1) is 19.3 Å². The van der Waals surface area contributed by atoms with Gasteiger partial charge in [0.1, 0.15) is 11.5 Å². The summed E-state index contributed by atoms with van der Waals surface area (Å²) >= 11 is 5.98. The van der Waals surface area contributed by atoms with Crippen LogP contribution in [0.2, 0.25) is 5.02 Å². The first-order valence-electron chi connectivity index (χ1n) is 11.5. The molecule has 5 nitrogen and oxygen atoms in total. The van der Waals surface area contributed by atoms with Crippen molar-refractivity contribution in [2.24, 2.45) is 5.41 Å². The van der Waals surface area contributed by atoms with Crippen LogP contribution in [0.1, 0.15) is 63.5 Å². The molecule has 6 heteroatoms. The van der Waals surface area contributed by atoms with Crippen LogP contribution in [-0.4, -0.2) is 29.6 Å². The highest BCUT2D eigenvalue weighted by Gasteiger charge is 2.31. The summed E-state index contributed by atoms with van der Waals surface area (Å²) < 4.78 is 12.0. The molecule has 1 aromatic heterocycles. The quantitative estimate of drug-likeness (QED) is 0.465. The van der Waals surface area contributed by atoms with E-state index in [0.29, 0.717) is 17.4 Å². The van der Waals surface area contributed by atoms with Gasteiger partial charge in [0.2, 0.25) is 5.91 Å². The Morgan fingerprint density at radius 3 is 2.62 bits per heavy atom. The van der Waals surface area contributed by atoms with Gasteiger partial charge in [-0.05, 0) is 69.6 Å². The van der Waals surface area contributed by atoms with Crippen molar-refractivity contribution in [1.82, 2.24) is 10.3 Å². The number of benzene rings is 1. The molecule has 0 radical (unpaired) electrons. The smallest absolute Gasteiger partial charge is 0.225 e. The van der Waals surface area contributed by atoms with Crippen LogP contribution in [0.25, 0.3) is 0 Å². The number of nitrogens with zero attached hydrogens (tertiary/aromatic N) is 1. The van der Waals surface area contributed by atoms with E-state index in [4.69, 9.17) is 21.1 Å². The van der Waals surface area contributed by atoms with Gasteiger partial charge in [-0.3, -0.25) is 9.78 Å². The largest absolute Gasteiger partial charge is 0.493 e. The van der Waals surface area contributed by atoms with Crippen molar-refractivity contribution in [2.45, 2.75) is 78.4 Å². The molecule has 0 atom stereocenters. The van der Waals surface area contributed by atoms with E-state index in [1.165, 1.54) is 5.56 Å². The number of aryl methyl sites for hydroxylation is 2. The lowest BCUT2D eigenvalue weighted by molar-refractivity contribution is -0.130. The van der Waals surface area contributed by atoms with Crippen LogP contribution in [-0.2, 0) is 4.79 Å². The molecule has 174 valence electrons. The van der Waals surface area contributed by atoms with Gasteiger partial charge in [-0.15, -0.1) is 0 Å². The Hall–Kier alpha value is -2.27. The van der Waals surface area contributed by atoms with E-state index >= 15 is 0 Å². The molecule has 0 aliphatic heterocycles. The average Bonchev–Trinajstić information content (AvgIpc) is 2.75. The second kappa shape index (κ2) is 11.0. The molecule has 0 saturated heterocycles. The van der Waals surface area contributed by atoms with Crippen LogP contribution < -0.4 is 14.8 Å². The lowest BCUT2D eigenvalue weighted by Crippen LogP contribution is -2.45. The molecule has 0 bridgehead atoms. The SMILES string of the molecule is Cc1ccc(C)c(OCCCC(C)(C)C(=O)N[C@H]2CC[C@H](Oc3cncc(Cl)c3)CC2)c1. The molecule has 1 amide bonds. The highest BCUT2D eigenvalue weighted by Crippen LogP contribution is 2.28. The van der Waals surface area contributed by atoms with Crippen molar-refractivity contribution in [3.8, 4) is 11.5 Å². The third-order valence-electron chi connectivity index (χ3n) is 6.15. The molecule has 1 aliphatic rings. The van der Waals surface area contributed by atoms with E-state index in [0.717, 1.165) is 49.8 Å². The van der Waals surface area contributed by atoms with Crippen molar-refractivity contribution < 1.29 is 14.3 Å². The van der Waals surface area contributed by atoms with Crippen molar-refractivity contribution in [3.05, 3.63) is 52.8 Å². The van der Waals surface area contributed by atoms with E-state index < -0.39 is 5.41 Å². The summed E-state index contributed by atoms with van der Waals surface area (Å²) in [5.41, 5.74) is 1.90. The minimum absolute atomic E-state index is 0.118. The summed E-state index contributed by atoms with van der Waals surface area (Å²) in [5.74, 6) is 1.75. The molecule has 2 aromatic rings. The Morgan fingerprint density at radius 2 is 1.91 bits per heavy atom. The summed E-state index contributed by atoms with van der Waals surface area (Å²) in [4.78, 5) is 17.0. The highest BCUT2D eigenvalue weighted by molar-refractivity contribution is 6.30. The molecule has 1 aliphatic carbocycles. The third-order valence-corrected chi connectivity index (χ3v) is 6.36. The zero-order valence-corrected chi connectivity index (χ0v) is 20.4. The number of hydrogen-bond donors (Lipinski definition) is 1. The summed E-state index contributed by atoms with van der Waals surface area (Å²) in [5, 5.41) is 3.83. The zero-order chi connectivity index (χ0) is 23.1. The van der Waals surface area contributed by atoms with Crippen LogP contribution in [0.15, 0.2) is 36.7 Å². The number of carbonyl (C=O) groups excluding carboxylic acids is 1. The van der Waals surface area contributed by atoms with Gasteiger partial charge in [0, 0.05) is 23.7 Å². The van der Waals surface area contributed by atoms with Gasteiger partial charge >= 0.3 is 0 Å². The Bertz CT molecular complexity index is 908. The molecule has 1 N–H and O–H groups in total. The van der Waals surface area contributed by atoms with E-state index in [2.05, 4.69) is 42.3 Å². The number of aromatic nitrogens is 1. The lowest BCUT2D eigenvalue weighted by Gasteiger charge is -2.32. The van der Waals surface area contributed by atoms with Crippen molar-refractivity contribution in [2.75, 3.05) is 6.61 Å². The standard InChI is InChI=1S/C26H35ClN2O3/c1-18-6-7-19(2)24(14-18)31-13-5-12-26(3,4)25(30)29-21-8-10-22(11-9-21)32-23-15-20(27)16-28-17-23/h6-7,14-17,21-22H,5,8-13H2,1-4H3,(H,29,30)/t21-,22-. The number of ether oxygens (including phenoxy) is 2. The molecular formula is C26H35ClN2O3. The number of nitrogens with one attached hydrogen (secondary N) is 1. The number of carbonyl (C=O) groups is 1. The summed E-state index contributed by atoms with van der Waals surface area (Å²) in [6, 6.07) is 8.22. The molecule has 0 spiro atoms. The number of rotatable bonds is 9. The van der Waals surface area contributed by atoms with Crippen LogP contribution in [0.3, 0.4) is 0 Å². The number of pyridine rings is 1. The second-order valence-electron chi connectivity index (χ2n) is 9.51. The van der Waals surface area contributed by atoms with Crippen LogP contribution >= 0.6 is 11.6 Å². The van der Waals surface area contributed by atoms with Crippen LogP contribution in [0.5, 0.6) is 11.5 Å². The van der Waals surface area contributed by atoms with Gasteiger partial charge in [-0.1, -0.05) is 37.6 Å². The molecule has 32 heavy (non-hydrogen) atoms. The predicted octanol–water partition coefficient (Wildman–Crippen LogP) is 6.04. The average molecular weight is 459 g/mol. The molecule has 1 saturated carbocycles. The minimum Gasteiger partial charge on any atom is -0.493 e. The topological polar surface area (TPSA) is 60.5 Å². The van der Waals surface area contributed by atoms with E-state index in [1.807, 2.05) is 13.8 Å². The summed E-state index contributed by atoms with van der Waals surface area (Å²) in [6.45, 7) is 8.76. The Kier molecular flexibility index (Phi) is 8.41. The Balaban J connectivity index is 1.38. The maximum Gasteiger partial charge on any atom is 0.225 e. The first-order chi connectivity index (χ1) is 15.2. The first-order valence-corrected chi connectivity index (χ1v) is 11.9. The van der Waals surface area contributed by atoms with E-state index in [1.54, 1.807) is 18.5 Å². The number of halogens is 1. The zero-order valence-electron chi connectivity index (χ0n) is 19.6. The van der Waals surface area contributed by atoms with Crippen molar-refractivity contribution in [1.29, 1.82) is 0 Å². The van der Waals surface area contributed by atoms with Gasteiger partial charge < -0.3 is 14.8 Å². The van der Waals surface area contributed by atoms with Gasteiger partial charge in [-0.25, -0.2) is 0 Å². The summed E-state index contributed by atoms with van der Waals surface area (Å²) in [6.07, 6.45) is 8.67. The third kappa shape index (κ3) is 7.13. The van der Waals surface area contributed by atoms with Crippen molar-refractivity contribution in [3.63, 3.8) is 0 Å². The molecule has 3 rings (SSSR count). The number of hydrogen-bond acceptors (Lipinski definition) is 4. The van der Waals surface area contributed by atoms with Gasteiger partial charge in [0.15, 0.2) is 0 Å². The lowest BCUT2D eigenvalue weighted by atomic mass is 9.85. The second-order valence-corrected chi connectivity index (χ2v) is 9.95. The monoisotopic (exact) mass is 458 g/mol. The molecule has 0 unspecified atom stereocenters. The van der Waals surface area contributed by atoms with E-state index in [-0.39, 0.29) is 18.1 Å². The molecular weight excluding hydrogens is 424 g/mol. The normalized spacial score (nSPS) is 18.8. The van der Waals surface area contributed by atoms with Gasteiger partial charge in [0.25, 0.3) is 0 Å². The Labute approximate surface area is 196 Å². The van der Waals surface area contributed by atoms with E-state index in [9.17, 15) is 4.79 Å². The molecule has 1 fully saturated rings. The molecule has 1 heterocycles. The minimum atomic E-state index is -0.426. The van der Waals surface area contributed by atoms with Crippen molar-refractivity contribution >= 4 is 17.5 Å². The fraction of sp³-hybridized carbons (Fsp3) is 0.538. The fourth-order valence-corrected chi connectivity index (χ4v) is 4.19. The van der Waals surface area contributed by atoms with Crippen LogP contribution in [0.4, 0.5) is 0 Å². The highest BCUT2D eigenvalue weighted by atomic mass is 35.5. The fourth-order valence-electron chi connectivity index (χ4n) is 4.03. The van der Waals surface area contributed by atoms with Gasteiger partial charge in [0.05, 0.1) is 23.9 Å². The number of amides is 1. The predicted molar refractivity (Wildman–Crippen MR) is 128 cm³/mol.